The van der Waals surface area contributed by atoms with E-state index < -0.39 is 0 Å². The Kier molecular flexibility index (Phi) is 5.53. The molecule has 6 nitrogen and oxygen atoms in total. The molecule has 0 saturated carbocycles. The third-order valence-corrected chi connectivity index (χ3v) is 5.81. The number of aryl methyl sites for hydroxylation is 2. The van der Waals surface area contributed by atoms with Crippen molar-refractivity contribution in [3.8, 4) is 0 Å². The maximum absolute atomic E-state index is 12.7. The van der Waals surface area contributed by atoms with Gasteiger partial charge in [0.05, 0.1) is 19.1 Å². The van der Waals surface area contributed by atoms with Crippen molar-refractivity contribution in [2.24, 2.45) is 5.92 Å². The van der Waals surface area contributed by atoms with Gasteiger partial charge in [0.2, 0.25) is 11.8 Å². The van der Waals surface area contributed by atoms with Gasteiger partial charge in [0.1, 0.15) is 0 Å². The Morgan fingerprint density at radius 2 is 1.69 bits per heavy atom. The Morgan fingerprint density at radius 1 is 1.00 bits per heavy atom. The lowest BCUT2D eigenvalue weighted by atomic mass is 10.1. The number of ether oxygens (including phenoxy) is 1. The zero-order valence-corrected chi connectivity index (χ0v) is 17.0. The molecule has 2 aromatic carbocycles. The number of carbonyl (C=O) groups excluding carboxylic acids is 2. The molecule has 0 spiro atoms. The zero-order valence-electron chi connectivity index (χ0n) is 17.0. The van der Waals surface area contributed by atoms with Crippen molar-refractivity contribution >= 4 is 28.9 Å². The van der Waals surface area contributed by atoms with Crippen LogP contribution in [0.4, 0.5) is 17.1 Å². The van der Waals surface area contributed by atoms with E-state index in [9.17, 15) is 9.59 Å². The van der Waals surface area contributed by atoms with E-state index in [4.69, 9.17) is 4.74 Å². The Bertz CT molecular complexity index is 904. The minimum Gasteiger partial charge on any atom is -0.378 e. The number of nitrogens with one attached hydrogen (secondary N) is 1. The second-order valence-electron chi connectivity index (χ2n) is 7.81. The minimum absolute atomic E-state index is 0.00364. The molecular weight excluding hydrogens is 366 g/mol. The molecule has 0 aliphatic carbocycles. The number of anilines is 3. The summed E-state index contributed by atoms with van der Waals surface area (Å²) in [6.45, 7) is 7.74. The van der Waals surface area contributed by atoms with E-state index in [0.717, 1.165) is 48.9 Å². The fraction of sp³-hybridized carbons (Fsp3) is 0.391. The van der Waals surface area contributed by atoms with Crippen LogP contribution in [-0.2, 0) is 14.3 Å². The molecule has 0 bridgehead atoms. The second kappa shape index (κ2) is 8.25. The van der Waals surface area contributed by atoms with Gasteiger partial charge in [-0.05, 0) is 61.4 Å². The Morgan fingerprint density at radius 3 is 2.38 bits per heavy atom. The third-order valence-electron chi connectivity index (χ3n) is 5.81. The highest BCUT2D eigenvalue weighted by atomic mass is 16.5. The van der Waals surface area contributed by atoms with Gasteiger partial charge in [-0.2, -0.15) is 0 Å². The van der Waals surface area contributed by atoms with E-state index >= 15 is 0 Å². The first-order valence-electron chi connectivity index (χ1n) is 10.1. The second-order valence-corrected chi connectivity index (χ2v) is 7.81. The van der Waals surface area contributed by atoms with E-state index in [1.54, 1.807) is 4.90 Å². The van der Waals surface area contributed by atoms with Gasteiger partial charge >= 0.3 is 0 Å². The van der Waals surface area contributed by atoms with Crippen LogP contribution in [0.25, 0.3) is 0 Å². The lowest BCUT2D eigenvalue weighted by Gasteiger charge is -2.28. The van der Waals surface area contributed by atoms with Crippen LogP contribution in [-0.4, -0.2) is 44.7 Å². The van der Waals surface area contributed by atoms with Crippen LogP contribution in [0.15, 0.2) is 42.5 Å². The SMILES string of the molecule is Cc1ccc(N2C[C@H](C(=O)Nc3ccc(N4CCOCC4)cc3)CC2=O)cc1C. The van der Waals surface area contributed by atoms with Crippen LogP contribution in [0.2, 0.25) is 0 Å². The van der Waals surface area contributed by atoms with Crippen LogP contribution in [0.1, 0.15) is 17.5 Å². The van der Waals surface area contributed by atoms with E-state index in [2.05, 4.69) is 10.2 Å². The molecule has 2 fully saturated rings. The molecule has 0 aromatic heterocycles. The molecule has 2 aromatic rings. The maximum Gasteiger partial charge on any atom is 0.229 e. The van der Waals surface area contributed by atoms with Gasteiger partial charge in [0.25, 0.3) is 0 Å². The molecule has 2 aliphatic heterocycles. The van der Waals surface area contributed by atoms with Crippen molar-refractivity contribution in [2.75, 3.05) is 48.0 Å². The molecule has 1 N–H and O–H groups in total. The molecule has 2 aliphatic rings. The molecule has 29 heavy (non-hydrogen) atoms. The molecule has 0 unspecified atom stereocenters. The van der Waals surface area contributed by atoms with Crippen molar-refractivity contribution in [3.63, 3.8) is 0 Å². The molecule has 0 radical (unpaired) electrons. The fourth-order valence-corrected chi connectivity index (χ4v) is 3.85. The lowest BCUT2D eigenvalue weighted by molar-refractivity contribution is -0.122. The average molecular weight is 393 g/mol. The van der Waals surface area contributed by atoms with Gasteiger partial charge in [-0.25, -0.2) is 0 Å². The molecule has 2 amide bonds. The van der Waals surface area contributed by atoms with Gasteiger partial charge in [-0.3, -0.25) is 9.59 Å². The first kappa shape index (κ1) is 19.5. The number of rotatable bonds is 4. The van der Waals surface area contributed by atoms with Crippen LogP contribution >= 0.6 is 0 Å². The van der Waals surface area contributed by atoms with Crippen molar-refractivity contribution in [1.29, 1.82) is 0 Å². The van der Waals surface area contributed by atoms with Crippen molar-refractivity contribution in [1.82, 2.24) is 0 Å². The summed E-state index contributed by atoms with van der Waals surface area (Å²) >= 11 is 0. The summed E-state index contributed by atoms with van der Waals surface area (Å²) < 4.78 is 5.39. The van der Waals surface area contributed by atoms with Crippen molar-refractivity contribution < 1.29 is 14.3 Å². The molecule has 2 heterocycles. The molecular formula is C23H27N3O3. The number of benzene rings is 2. The summed E-state index contributed by atoms with van der Waals surface area (Å²) in [6.07, 6.45) is 0.241. The van der Waals surface area contributed by atoms with Gasteiger partial charge in [-0.1, -0.05) is 6.07 Å². The van der Waals surface area contributed by atoms with Gasteiger partial charge < -0.3 is 19.9 Å². The molecule has 2 saturated heterocycles. The third kappa shape index (κ3) is 4.27. The summed E-state index contributed by atoms with van der Waals surface area (Å²) in [5.41, 5.74) is 5.08. The smallest absolute Gasteiger partial charge is 0.229 e. The molecule has 1 atom stereocenters. The fourth-order valence-electron chi connectivity index (χ4n) is 3.85. The van der Waals surface area contributed by atoms with Crippen LogP contribution in [0, 0.1) is 19.8 Å². The van der Waals surface area contributed by atoms with E-state index in [0.29, 0.717) is 6.54 Å². The summed E-state index contributed by atoms with van der Waals surface area (Å²) in [5, 5.41) is 2.97. The predicted octanol–water partition coefficient (Wildman–Crippen LogP) is 3.13. The summed E-state index contributed by atoms with van der Waals surface area (Å²) in [7, 11) is 0. The van der Waals surface area contributed by atoms with E-state index in [1.165, 1.54) is 5.56 Å². The van der Waals surface area contributed by atoms with Gasteiger partial charge in [0.15, 0.2) is 0 Å². The Balaban J connectivity index is 1.38. The highest BCUT2D eigenvalue weighted by Crippen LogP contribution is 2.28. The standard InChI is InChI=1S/C23H27N3O3/c1-16-3-6-21(13-17(16)2)26-15-18(14-22(26)27)23(28)24-19-4-7-20(8-5-19)25-9-11-29-12-10-25/h3-8,13,18H,9-12,14-15H2,1-2H3,(H,24,28)/t18-/m1/s1. The summed E-state index contributed by atoms with van der Waals surface area (Å²) in [5.74, 6) is -0.456. The minimum atomic E-state index is -0.344. The van der Waals surface area contributed by atoms with E-state index in [-0.39, 0.29) is 24.2 Å². The van der Waals surface area contributed by atoms with Crippen LogP contribution < -0.4 is 15.1 Å². The monoisotopic (exact) mass is 393 g/mol. The Hall–Kier alpha value is -2.86. The molecule has 152 valence electrons. The average Bonchev–Trinajstić information content (AvgIpc) is 3.13. The largest absolute Gasteiger partial charge is 0.378 e. The zero-order chi connectivity index (χ0) is 20.4. The molecule has 4 rings (SSSR count). The van der Waals surface area contributed by atoms with Gasteiger partial charge in [0, 0.05) is 43.1 Å². The molecule has 6 heteroatoms. The quantitative estimate of drug-likeness (QED) is 0.867. The number of carbonyl (C=O) groups is 2. The number of hydrogen-bond acceptors (Lipinski definition) is 4. The normalized spacial score (nSPS) is 19.5. The predicted molar refractivity (Wildman–Crippen MR) is 114 cm³/mol. The summed E-state index contributed by atoms with van der Waals surface area (Å²) in [4.78, 5) is 29.2. The topological polar surface area (TPSA) is 61.9 Å². The number of nitrogens with zero attached hydrogens (tertiary/aromatic N) is 2. The van der Waals surface area contributed by atoms with E-state index in [1.807, 2.05) is 56.3 Å². The Labute approximate surface area is 171 Å². The maximum atomic E-state index is 12.7. The lowest BCUT2D eigenvalue weighted by Crippen LogP contribution is -2.36. The first-order valence-corrected chi connectivity index (χ1v) is 10.1. The van der Waals surface area contributed by atoms with Crippen LogP contribution in [0.5, 0.6) is 0 Å². The highest BCUT2D eigenvalue weighted by molar-refractivity contribution is 6.03. The van der Waals surface area contributed by atoms with Crippen molar-refractivity contribution in [2.45, 2.75) is 20.3 Å². The first-order chi connectivity index (χ1) is 14.0. The van der Waals surface area contributed by atoms with Crippen LogP contribution in [0.3, 0.4) is 0 Å². The number of hydrogen-bond donors (Lipinski definition) is 1. The highest BCUT2D eigenvalue weighted by Gasteiger charge is 2.35. The van der Waals surface area contributed by atoms with Gasteiger partial charge in [-0.15, -0.1) is 0 Å². The number of morpholine rings is 1. The number of amides is 2. The summed E-state index contributed by atoms with van der Waals surface area (Å²) in [6, 6.07) is 13.8. The van der Waals surface area contributed by atoms with Crippen molar-refractivity contribution in [3.05, 3.63) is 53.6 Å².